The number of hydrogen-bond donors (Lipinski definition) is 2. The second-order valence-electron chi connectivity index (χ2n) is 4.22. The maximum Gasteiger partial charge on any atom is 0.0682 e. The Balaban J connectivity index is 2.50. The van der Waals surface area contributed by atoms with Crippen molar-refractivity contribution in [2.45, 2.75) is 20.1 Å². The van der Waals surface area contributed by atoms with Crippen LogP contribution < -0.4 is 0 Å². The van der Waals surface area contributed by atoms with E-state index in [1.165, 1.54) is 5.56 Å². The van der Waals surface area contributed by atoms with Gasteiger partial charge < -0.3 is 10.2 Å². The van der Waals surface area contributed by atoms with Crippen LogP contribution in [0.25, 0.3) is 11.1 Å². The Kier molecular flexibility index (Phi) is 3.57. The molecule has 17 heavy (non-hydrogen) atoms. The minimum Gasteiger partial charge on any atom is -0.392 e. The molecule has 0 aliphatic heterocycles. The lowest BCUT2D eigenvalue weighted by atomic mass is 9.99. The van der Waals surface area contributed by atoms with Crippen molar-refractivity contribution in [1.29, 1.82) is 0 Å². The Bertz CT molecular complexity index is 496. The summed E-state index contributed by atoms with van der Waals surface area (Å²) in [5, 5.41) is 18.4. The molecule has 2 nitrogen and oxygen atoms in total. The van der Waals surface area contributed by atoms with Gasteiger partial charge in [-0.05, 0) is 41.3 Å². The van der Waals surface area contributed by atoms with E-state index in [0.717, 1.165) is 22.3 Å². The fourth-order valence-electron chi connectivity index (χ4n) is 1.94. The minimum atomic E-state index is -0.00729. The summed E-state index contributed by atoms with van der Waals surface area (Å²) in [6, 6.07) is 13.9. The Hall–Kier alpha value is -1.64. The summed E-state index contributed by atoms with van der Waals surface area (Å²) >= 11 is 0. The zero-order valence-corrected chi connectivity index (χ0v) is 9.85. The first kappa shape index (κ1) is 11.8. The van der Waals surface area contributed by atoms with Crippen molar-refractivity contribution in [3.8, 4) is 11.1 Å². The molecule has 0 aliphatic rings. The van der Waals surface area contributed by atoms with Crippen molar-refractivity contribution in [3.05, 3.63) is 59.2 Å². The fraction of sp³-hybridized carbons (Fsp3) is 0.200. The third-order valence-electron chi connectivity index (χ3n) is 2.77. The number of aryl methyl sites for hydroxylation is 1. The Morgan fingerprint density at radius 3 is 2.00 bits per heavy atom. The molecular formula is C15H16O2. The van der Waals surface area contributed by atoms with Crippen LogP contribution >= 0.6 is 0 Å². The average Bonchev–Trinajstić information content (AvgIpc) is 2.38. The molecule has 2 rings (SSSR count). The highest BCUT2D eigenvalue weighted by Crippen LogP contribution is 2.23. The van der Waals surface area contributed by atoms with Gasteiger partial charge in [0.25, 0.3) is 0 Å². The van der Waals surface area contributed by atoms with Crippen molar-refractivity contribution in [1.82, 2.24) is 0 Å². The van der Waals surface area contributed by atoms with E-state index >= 15 is 0 Å². The summed E-state index contributed by atoms with van der Waals surface area (Å²) in [7, 11) is 0. The average molecular weight is 228 g/mol. The lowest BCUT2D eigenvalue weighted by Gasteiger charge is -2.08. The number of hydrogen-bond acceptors (Lipinski definition) is 2. The van der Waals surface area contributed by atoms with E-state index in [1.807, 2.05) is 43.3 Å². The van der Waals surface area contributed by atoms with Gasteiger partial charge in [0.1, 0.15) is 0 Å². The molecule has 0 saturated carbocycles. The van der Waals surface area contributed by atoms with Crippen molar-refractivity contribution in [2.24, 2.45) is 0 Å². The summed E-state index contributed by atoms with van der Waals surface area (Å²) in [4.78, 5) is 0. The van der Waals surface area contributed by atoms with Crippen molar-refractivity contribution in [3.63, 3.8) is 0 Å². The third kappa shape index (κ3) is 2.73. The number of aliphatic hydroxyl groups excluding tert-OH is 2. The Morgan fingerprint density at radius 1 is 0.824 bits per heavy atom. The fourth-order valence-corrected chi connectivity index (χ4v) is 1.94. The summed E-state index contributed by atoms with van der Waals surface area (Å²) in [6.45, 7) is 2.03. The highest BCUT2D eigenvalue weighted by molar-refractivity contribution is 5.65. The molecular weight excluding hydrogens is 212 g/mol. The molecule has 88 valence electrons. The molecule has 2 aromatic rings. The van der Waals surface area contributed by atoms with Gasteiger partial charge in [-0.25, -0.2) is 0 Å². The lowest BCUT2D eigenvalue weighted by molar-refractivity contribution is 0.275. The molecule has 0 radical (unpaired) electrons. The van der Waals surface area contributed by atoms with E-state index in [2.05, 4.69) is 6.07 Å². The molecule has 0 aliphatic carbocycles. The van der Waals surface area contributed by atoms with Gasteiger partial charge in [0.05, 0.1) is 13.2 Å². The van der Waals surface area contributed by atoms with Gasteiger partial charge in [0.2, 0.25) is 0 Å². The van der Waals surface area contributed by atoms with Gasteiger partial charge in [0, 0.05) is 0 Å². The minimum absolute atomic E-state index is 0.00729. The van der Waals surface area contributed by atoms with Crippen LogP contribution in [0, 0.1) is 6.92 Å². The molecule has 0 heterocycles. The Labute approximate surface area is 101 Å². The third-order valence-corrected chi connectivity index (χ3v) is 2.77. The van der Waals surface area contributed by atoms with Crippen LogP contribution in [-0.4, -0.2) is 10.2 Å². The zero-order valence-electron chi connectivity index (χ0n) is 9.85. The summed E-state index contributed by atoms with van der Waals surface area (Å²) in [5.41, 5.74) is 4.99. The monoisotopic (exact) mass is 228 g/mol. The molecule has 0 atom stereocenters. The molecule has 0 aromatic heterocycles. The largest absolute Gasteiger partial charge is 0.392 e. The van der Waals surface area contributed by atoms with Crippen molar-refractivity contribution >= 4 is 0 Å². The molecule has 2 heteroatoms. The van der Waals surface area contributed by atoms with Crippen LogP contribution in [0.2, 0.25) is 0 Å². The van der Waals surface area contributed by atoms with Crippen LogP contribution in [0.5, 0.6) is 0 Å². The first-order valence-corrected chi connectivity index (χ1v) is 5.64. The quantitative estimate of drug-likeness (QED) is 0.847. The summed E-state index contributed by atoms with van der Waals surface area (Å²) in [5.74, 6) is 0. The zero-order chi connectivity index (χ0) is 12.3. The van der Waals surface area contributed by atoms with E-state index in [-0.39, 0.29) is 13.2 Å². The van der Waals surface area contributed by atoms with E-state index in [9.17, 15) is 10.2 Å². The normalized spacial score (nSPS) is 10.5. The SMILES string of the molecule is Cc1cccc(-c2cc(CO)cc(CO)c2)c1. The molecule has 0 unspecified atom stereocenters. The van der Waals surface area contributed by atoms with E-state index in [0.29, 0.717) is 0 Å². The molecule has 0 spiro atoms. The maximum absolute atomic E-state index is 9.20. The summed E-state index contributed by atoms with van der Waals surface area (Å²) < 4.78 is 0. The standard InChI is InChI=1S/C15H16O2/c1-11-3-2-4-14(5-11)15-7-12(9-16)6-13(8-15)10-17/h2-8,16-17H,9-10H2,1H3. The predicted molar refractivity (Wildman–Crippen MR) is 68.5 cm³/mol. The topological polar surface area (TPSA) is 40.5 Å². The molecule has 0 amide bonds. The molecule has 0 fully saturated rings. The van der Waals surface area contributed by atoms with Crippen molar-refractivity contribution in [2.75, 3.05) is 0 Å². The highest BCUT2D eigenvalue weighted by atomic mass is 16.3. The first-order chi connectivity index (χ1) is 8.22. The van der Waals surface area contributed by atoms with Crippen LogP contribution in [0.4, 0.5) is 0 Å². The van der Waals surface area contributed by atoms with Gasteiger partial charge in [0.15, 0.2) is 0 Å². The molecule has 2 N–H and O–H groups in total. The van der Waals surface area contributed by atoms with Crippen LogP contribution in [-0.2, 0) is 13.2 Å². The van der Waals surface area contributed by atoms with Gasteiger partial charge in [-0.2, -0.15) is 0 Å². The van der Waals surface area contributed by atoms with Gasteiger partial charge in [-0.3, -0.25) is 0 Å². The Morgan fingerprint density at radius 2 is 1.47 bits per heavy atom. The van der Waals surface area contributed by atoms with Gasteiger partial charge in [-0.1, -0.05) is 35.9 Å². The molecule has 2 aromatic carbocycles. The van der Waals surface area contributed by atoms with Gasteiger partial charge >= 0.3 is 0 Å². The van der Waals surface area contributed by atoms with Crippen LogP contribution in [0.3, 0.4) is 0 Å². The predicted octanol–water partition coefficient (Wildman–Crippen LogP) is 2.65. The maximum atomic E-state index is 9.20. The van der Waals surface area contributed by atoms with E-state index in [4.69, 9.17) is 0 Å². The molecule has 0 saturated heterocycles. The second-order valence-corrected chi connectivity index (χ2v) is 4.22. The van der Waals surface area contributed by atoms with Crippen molar-refractivity contribution < 1.29 is 10.2 Å². The van der Waals surface area contributed by atoms with E-state index < -0.39 is 0 Å². The number of aliphatic hydroxyl groups is 2. The van der Waals surface area contributed by atoms with Crippen LogP contribution in [0.15, 0.2) is 42.5 Å². The molecule has 0 bridgehead atoms. The first-order valence-electron chi connectivity index (χ1n) is 5.64. The number of benzene rings is 2. The lowest BCUT2D eigenvalue weighted by Crippen LogP contribution is -1.91. The second kappa shape index (κ2) is 5.13. The highest BCUT2D eigenvalue weighted by Gasteiger charge is 2.03. The van der Waals surface area contributed by atoms with Crippen LogP contribution in [0.1, 0.15) is 16.7 Å². The smallest absolute Gasteiger partial charge is 0.0682 e. The number of rotatable bonds is 3. The van der Waals surface area contributed by atoms with E-state index in [1.54, 1.807) is 0 Å². The summed E-state index contributed by atoms with van der Waals surface area (Å²) in [6.07, 6.45) is 0. The van der Waals surface area contributed by atoms with Gasteiger partial charge in [-0.15, -0.1) is 0 Å².